The van der Waals surface area contributed by atoms with Gasteiger partial charge in [0.2, 0.25) is 0 Å². The zero-order valence-corrected chi connectivity index (χ0v) is 19.8. The molecule has 0 heterocycles. The summed E-state index contributed by atoms with van der Waals surface area (Å²) in [5.41, 5.74) is 7.09. The Bertz CT molecular complexity index is 1380. The van der Waals surface area contributed by atoms with Crippen molar-refractivity contribution < 1.29 is 0 Å². The topological polar surface area (TPSA) is 24.7 Å². The van der Waals surface area contributed by atoms with E-state index in [0.29, 0.717) is 0 Å². The Morgan fingerprint density at radius 2 is 0.917 bits per heavy atom. The highest BCUT2D eigenvalue weighted by Crippen LogP contribution is 2.25. The molecule has 0 saturated carbocycles. The molecule has 0 fully saturated rings. The van der Waals surface area contributed by atoms with E-state index in [1.54, 1.807) is 0 Å². The molecule has 0 aliphatic rings. The summed E-state index contributed by atoms with van der Waals surface area (Å²) in [5, 5.41) is 0. The number of aliphatic imine (C=N–C) groups is 2. The summed E-state index contributed by atoms with van der Waals surface area (Å²) in [6.45, 7) is 0. The highest BCUT2D eigenvalue weighted by Gasteiger charge is 2.06. The second-order valence-electron chi connectivity index (χ2n) is 8.34. The van der Waals surface area contributed by atoms with Crippen LogP contribution in [0.5, 0.6) is 0 Å². The van der Waals surface area contributed by atoms with E-state index in [9.17, 15) is 0 Å². The Morgan fingerprint density at radius 1 is 0.500 bits per heavy atom. The van der Waals surface area contributed by atoms with Gasteiger partial charge in [-0.15, -0.1) is 12.1 Å². The first kappa shape index (κ1) is 23.0. The van der Waals surface area contributed by atoms with E-state index < -0.39 is 0 Å². The number of benzene rings is 5. The van der Waals surface area contributed by atoms with Gasteiger partial charge < -0.3 is 4.99 Å². The van der Waals surface area contributed by atoms with E-state index in [1.165, 1.54) is 0 Å². The summed E-state index contributed by atoms with van der Waals surface area (Å²) < 4.78 is 0. The van der Waals surface area contributed by atoms with Crippen molar-refractivity contribution in [3.05, 3.63) is 168 Å². The van der Waals surface area contributed by atoms with Crippen LogP contribution in [-0.2, 0) is 0 Å². The fourth-order valence-electron chi connectivity index (χ4n) is 4.00. The maximum Gasteiger partial charge on any atom is 0.0701 e. The van der Waals surface area contributed by atoms with Gasteiger partial charge >= 0.3 is 0 Å². The van der Waals surface area contributed by atoms with Crippen molar-refractivity contribution in [3.63, 3.8) is 0 Å². The van der Waals surface area contributed by atoms with E-state index in [-0.39, 0.29) is 5.92 Å². The number of nitrogens with zero attached hydrogens (tertiary/aromatic N) is 2. The summed E-state index contributed by atoms with van der Waals surface area (Å²) >= 11 is 0. The quantitative estimate of drug-likeness (QED) is 0.171. The van der Waals surface area contributed by atoms with Gasteiger partial charge in [-0.05, 0) is 22.9 Å². The lowest BCUT2D eigenvalue weighted by molar-refractivity contribution is 1.10. The van der Waals surface area contributed by atoms with E-state index in [1.807, 2.05) is 97.1 Å². The maximum absolute atomic E-state index is 4.67. The molecule has 0 aliphatic heterocycles. The summed E-state index contributed by atoms with van der Waals surface area (Å²) in [6, 6.07) is 49.0. The van der Waals surface area contributed by atoms with Crippen molar-refractivity contribution in [1.29, 1.82) is 0 Å². The molecule has 5 aromatic rings. The van der Waals surface area contributed by atoms with Gasteiger partial charge in [-0.2, -0.15) is 6.21 Å². The fraction of sp³-hybridized carbons (Fsp3) is 0.0294. The predicted octanol–water partition coefficient (Wildman–Crippen LogP) is 8.53. The lowest BCUT2D eigenvalue weighted by Crippen LogP contribution is -2.02. The Balaban J connectivity index is 1.41. The van der Waals surface area contributed by atoms with Gasteiger partial charge in [0.1, 0.15) is 0 Å². The zero-order chi connectivity index (χ0) is 24.4. The third-order valence-electron chi connectivity index (χ3n) is 5.86. The highest BCUT2D eigenvalue weighted by molar-refractivity contribution is 5.99. The van der Waals surface area contributed by atoms with Crippen LogP contribution in [0.1, 0.15) is 28.2 Å². The molecule has 0 aliphatic carbocycles. The van der Waals surface area contributed by atoms with Gasteiger partial charge in [0.05, 0.1) is 11.3 Å². The van der Waals surface area contributed by atoms with Gasteiger partial charge in [0.15, 0.2) is 0 Å². The molecule has 0 unspecified atom stereocenters. The van der Waals surface area contributed by atoms with E-state index in [2.05, 4.69) is 70.6 Å². The molecule has 2 heteroatoms. The van der Waals surface area contributed by atoms with Crippen LogP contribution >= 0.6 is 0 Å². The molecule has 0 spiro atoms. The van der Waals surface area contributed by atoms with Crippen LogP contribution in [0.3, 0.4) is 0 Å². The smallest absolute Gasteiger partial charge is 0.0701 e. The first-order valence-electron chi connectivity index (χ1n) is 12.0. The fourth-order valence-corrected chi connectivity index (χ4v) is 4.00. The lowest BCUT2D eigenvalue weighted by atomic mass is 9.92. The molecule has 0 N–H and O–H groups in total. The maximum atomic E-state index is 4.67. The second-order valence-corrected chi connectivity index (χ2v) is 8.34. The molecular weight excluding hydrogens is 436 g/mol. The van der Waals surface area contributed by atoms with Crippen molar-refractivity contribution in [2.45, 2.75) is 5.92 Å². The van der Waals surface area contributed by atoms with Gasteiger partial charge in [-0.3, -0.25) is 0 Å². The zero-order valence-electron chi connectivity index (χ0n) is 19.8. The van der Waals surface area contributed by atoms with Gasteiger partial charge in [-0.25, -0.2) is 4.99 Å². The first-order valence-corrected chi connectivity index (χ1v) is 12.0. The summed E-state index contributed by atoms with van der Waals surface area (Å²) in [4.78, 5) is 9.32. The van der Waals surface area contributed by atoms with Gasteiger partial charge in [0.25, 0.3) is 0 Å². The Hall–Kier alpha value is -4.78. The molecular formula is C34H25N2-. The Labute approximate surface area is 212 Å². The SMILES string of the molecule is C(=Nc1ccc(N=[C-]C(c2ccccc2)c2ccccc2)cc1)=C(c1ccccc1)c1ccccc1. The average Bonchev–Trinajstić information content (AvgIpc) is 2.96. The van der Waals surface area contributed by atoms with Crippen LogP contribution in [-0.4, -0.2) is 12.1 Å². The van der Waals surface area contributed by atoms with Crippen molar-refractivity contribution in [1.82, 2.24) is 0 Å². The summed E-state index contributed by atoms with van der Waals surface area (Å²) in [6.07, 6.45) is 3.36. The van der Waals surface area contributed by atoms with Crippen molar-refractivity contribution >= 4 is 29.0 Å². The predicted molar refractivity (Wildman–Crippen MR) is 151 cm³/mol. The average molecular weight is 462 g/mol. The standard InChI is InChI=1S/C34H25N2/c1-5-13-27(14-6-1)33(28-15-7-2-8-16-28)25-35-31-21-23-32(24-22-31)36-26-34(29-17-9-3-10-18-29)30-19-11-4-12-20-30/h1-24,33H/q-1. The third-order valence-corrected chi connectivity index (χ3v) is 5.86. The molecule has 5 aromatic carbocycles. The number of rotatable bonds is 7. The molecule has 0 bridgehead atoms. The molecule has 0 radical (unpaired) electrons. The van der Waals surface area contributed by atoms with Crippen molar-refractivity contribution in [2.75, 3.05) is 0 Å². The molecule has 2 nitrogen and oxygen atoms in total. The van der Waals surface area contributed by atoms with Crippen molar-refractivity contribution in [3.8, 4) is 0 Å². The summed E-state index contributed by atoms with van der Waals surface area (Å²) in [7, 11) is 0. The van der Waals surface area contributed by atoms with E-state index >= 15 is 0 Å². The Kier molecular flexibility index (Phi) is 7.39. The largest absolute Gasteiger partial charge is 0.455 e. The first-order chi connectivity index (χ1) is 17.9. The van der Waals surface area contributed by atoms with E-state index in [4.69, 9.17) is 0 Å². The van der Waals surface area contributed by atoms with Crippen molar-refractivity contribution in [2.24, 2.45) is 9.98 Å². The lowest BCUT2D eigenvalue weighted by Gasteiger charge is -2.19. The van der Waals surface area contributed by atoms with Crippen LogP contribution in [0.4, 0.5) is 11.4 Å². The van der Waals surface area contributed by atoms with Crippen LogP contribution in [0, 0.1) is 0 Å². The van der Waals surface area contributed by atoms with Crippen LogP contribution in [0.2, 0.25) is 0 Å². The highest BCUT2D eigenvalue weighted by atomic mass is 14.7. The van der Waals surface area contributed by atoms with E-state index in [0.717, 1.165) is 39.2 Å². The Morgan fingerprint density at radius 3 is 1.39 bits per heavy atom. The van der Waals surface area contributed by atoms with Crippen LogP contribution in [0.15, 0.2) is 156 Å². The molecule has 0 atom stereocenters. The normalized spacial score (nSPS) is 10.8. The minimum absolute atomic E-state index is 0.0349. The van der Waals surface area contributed by atoms with Gasteiger partial charge in [0, 0.05) is 0 Å². The molecule has 172 valence electrons. The monoisotopic (exact) mass is 461 g/mol. The molecule has 0 amide bonds. The van der Waals surface area contributed by atoms with Crippen LogP contribution < -0.4 is 0 Å². The molecule has 0 saturated heterocycles. The second kappa shape index (κ2) is 11.6. The van der Waals surface area contributed by atoms with Gasteiger partial charge in [-0.1, -0.05) is 150 Å². The third kappa shape index (κ3) is 5.82. The summed E-state index contributed by atoms with van der Waals surface area (Å²) in [5.74, 6) is 3.24. The number of hydrogen-bond donors (Lipinski definition) is 0. The molecule has 0 aromatic heterocycles. The van der Waals surface area contributed by atoms with Crippen LogP contribution in [0.25, 0.3) is 5.57 Å². The minimum Gasteiger partial charge on any atom is -0.455 e. The number of hydrogen-bond acceptors (Lipinski definition) is 2. The molecule has 5 rings (SSSR count). The molecule has 36 heavy (non-hydrogen) atoms. The minimum atomic E-state index is -0.0349.